The highest BCUT2D eigenvalue weighted by Gasteiger charge is 2.39. The lowest BCUT2D eigenvalue weighted by Crippen LogP contribution is -2.50. The van der Waals surface area contributed by atoms with Gasteiger partial charge in [0.05, 0.1) is 29.1 Å². The molecule has 1 N–H and O–H groups in total. The average Bonchev–Trinajstić information content (AvgIpc) is 3.14. The maximum Gasteiger partial charge on any atom is 0.264 e. The summed E-state index contributed by atoms with van der Waals surface area (Å²) in [5.74, 6) is -1.10. The highest BCUT2D eigenvalue weighted by atomic mass is 35.5. The van der Waals surface area contributed by atoms with Crippen molar-refractivity contribution in [2.24, 2.45) is 0 Å². The molecule has 8 nitrogen and oxygen atoms in total. The second-order valence-corrected chi connectivity index (χ2v) is 8.86. The number of benzene rings is 2. The Balaban J connectivity index is 1.31. The minimum atomic E-state index is -1.34. The number of rotatable bonds is 5. The second kappa shape index (κ2) is 9.48. The minimum Gasteiger partial charge on any atom is -0.378 e. The first-order valence-electron chi connectivity index (χ1n) is 11.3. The summed E-state index contributed by atoms with van der Waals surface area (Å²) in [6.45, 7) is 1.75. The number of aliphatic hydroxyl groups excluding tert-OH is 1. The molecular weight excluding hydrogens is 468 g/mol. The van der Waals surface area contributed by atoms with E-state index in [4.69, 9.17) is 11.6 Å². The molecule has 1 atom stereocenters. The van der Waals surface area contributed by atoms with Gasteiger partial charge < -0.3 is 14.9 Å². The lowest BCUT2D eigenvalue weighted by atomic mass is 10.1. The Kier molecular flexibility index (Phi) is 6.23. The Bertz CT molecular complexity index is 1290. The predicted molar refractivity (Wildman–Crippen MR) is 130 cm³/mol. The first-order chi connectivity index (χ1) is 17.0. The van der Waals surface area contributed by atoms with Crippen LogP contribution >= 0.6 is 11.6 Å². The summed E-state index contributed by atoms with van der Waals surface area (Å²) < 4.78 is 0. The highest BCUT2D eigenvalue weighted by Crippen LogP contribution is 2.33. The topological polar surface area (TPSA) is 94.1 Å². The third kappa shape index (κ3) is 4.26. The van der Waals surface area contributed by atoms with Gasteiger partial charge in [-0.3, -0.25) is 24.3 Å². The second-order valence-electron chi connectivity index (χ2n) is 8.45. The van der Waals surface area contributed by atoms with Gasteiger partial charge in [0, 0.05) is 43.0 Å². The van der Waals surface area contributed by atoms with E-state index in [-0.39, 0.29) is 18.4 Å². The third-order valence-corrected chi connectivity index (χ3v) is 6.73. The number of hydrogen-bond acceptors (Lipinski definition) is 6. The Hall–Kier alpha value is -3.75. The molecule has 0 saturated carbocycles. The van der Waals surface area contributed by atoms with E-state index in [0.717, 1.165) is 0 Å². The van der Waals surface area contributed by atoms with Gasteiger partial charge in [-0.2, -0.15) is 0 Å². The van der Waals surface area contributed by atoms with E-state index in [1.807, 2.05) is 17.0 Å². The number of aliphatic hydroxyl groups is 1. The van der Waals surface area contributed by atoms with Crippen molar-refractivity contribution in [3.8, 4) is 0 Å². The Morgan fingerprint density at radius 1 is 0.943 bits per heavy atom. The van der Waals surface area contributed by atoms with Crippen molar-refractivity contribution in [2.45, 2.75) is 12.6 Å². The zero-order chi connectivity index (χ0) is 24.5. The molecule has 0 aliphatic carbocycles. The number of fused-ring (bicyclic) bond motifs is 1. The van der Waals surface area contributed by atoms with Gasteiger partial charge in [-0.25, -0.2) is 0 Å². The van der Waals surface area contributed by atoms with E-state index in [0.29, 0.717) is 59.3 Å². The Morgan fingerprint density at radius 2 is 1.69 bits per heavy atom. The van der Waals surface area contributed by atoms with Gasteiger partial charge in [-0.1, -0.05) is 41.9 Å². The molecule has 5 rings (SSSR count). The van der Waals surface area contributed by atoms with E-state index in [1.165, 1.54) is 4.90 Å². The number of carbonyl (C=O) groups is 3. The average molecular weight is 491 g/mol. The molecule has 2 aromatic carbocycles. The molecule has 9 heteroatoms. The van der Waals surface area contributed by atoms with Crippen LogP contribution in [0, 0.1) is 0 Å². The SMILES string of the molecule is O=C(C(O)c1ccccc1Cl)N1CCN(c2cccc3c2C(=O)N(Cc2ccccn2)C3=O)CC1. The number of nitrogens with zero attached hydrogens (tertiary/aromatic N) is 4. The summed E-state index contributed by atoms with van der Waals surface area (Å²) in [5.41, 5.74) is 2.43. The molecule has 1 aromatic heterocycles. The fourth-order valence-electron chi connectivity index (χ4n) is 4.55. The van der Waals surface area contributed by atoms with E-state index >= 15 is 0 Å². The third-order valence-electron chi connectivity index (χ3n) is 6.39. The lowest BCUT2D eigenvalue weighted by molar-refractivity contribution is -0.140. The zero-order valence-electron chi connectivity index (χ0n) is 18.8. The highest BCUT2D eigenvalue weighted by molar-refractivity contribution is 6.31. The fourth-order valence-corrected chi connectivity index (χ4v) is 4.79. The van der Waals surface area contributed by atoms with Gasteiger partial charge in [0.25, 0.3) is 17.7 Å². The fraction of sp³-hybridized carbons (Fsp3) is 0.231. The number of amides is 3. The van der Waals surface area contributed by atoms with Crippen molar-refractivity contribution in [1.82, 2.24) is 14.8 Å². The molecule has 1 saturated heterocycles. The van der Waals surface area contributed by atoms with Gasteiger partial charge >= 0.3 is 0 Å². The molecule has 3 aromatic rings. The lowest BCUT2D eigenvalue weighted by Gasteiger charge is -2.37. The maximum absolute atomic E-state index is 13.3. The molecule has 1 unspecified atom stereocenters. The molecular formula is C26H23ClN4O4. The van der Waals surface area contributed by atoms with Crippen molar-refractivity contribution in [3.63, 3.8) is 0 Å². The van der Waals surface area contributed by atoms with Crippen LogP contribution in [0.3, 0.4) is 0 Å². The number of anilines is 1. The number of carbonyl (C=O) groups excluding carboxylic acids is 3. The van der Waals surface area contributed by atoms with E-state index in [1.54, 1.807) is 59.6 Å². The van der Waals surface area contributed by atoms with Gasteiger partial charge in [0.15, 0.2) is 6.10 Å². The molecule has 35 heavy (non-hydrogen) atoms. The first-order valence-corrected chi connectivity index (χ1v) is 11.7. The first kappa shape index (κ1) is 23.0. The van der Waals surface area contributed by atoms with Crippen LogP contribution in [0.5, 0.6) is 0 Å². The summed E-state index contributed by atoms with van der Waals surface area (Å²) >= 11 is 6.14. The van der Waals surface area contributed by atoms with Crippen LogP contribution in [-0.4, -0.2) is 63.8 Å². The summed E-state index contributed by atoms with van der Waals surface area (Å²) in [4.78, 5) is 48.2. The summed E-state index contributed by atoms with van der Waals surface area (Å²) in [5, 5.41) is 10.9. The predicted octanol–water partition coefficient (Wildman–Crippen LogP) is 2.91. The number of halogens is 1. The zero-order valence-corrected chi connectivity index (χ0v) is 19.6. The molecule has 0 spiro atoms. The molecule has 0 bridgehead atoms. The molecule has 178 valence electrons. The molecule has 1 fully saturated rings. The van der Waals surface area contributed by atoms with Crippen LogP contribution in [0.4, 0.5) is 5.69 Å². The van der Waals surface area contributed by atoms with Gasteiger partial charge in [-0.15, -0.1) is 0 Å². The van der Waals surface area contributed by atoms with E-state index < -0.39 is 12.0 Å². The van der Waals surface area contributed by atoms with Crippen LogP contribution in [0.1, 0.15) is 38.1 Å². The minimum absolute atomic E-state index is 0.106. The number of aromatic nitrogens is 1. The summed E-state index contributed by atoms with van der Waals surface area (Å²) in [7, 11) is 0. The molecule has 2 aliphatic heterocycles. The van der Waals surface area contributed by atoms with E-state index in [9.17, 15) is 19.5 Å². The van der Waals surface area contributed by atoms with E-state index in [2.05, 4.69) is 4.98 Å². The van der Waals surface area contributed by atoms with Crippen LogP contribution in [0.25, 0.3) is 0 Å². The number of piperazine rings is 1. The largest absolute Gasteiger partial charge is 0.378 e. The number of pyridine rings is 1. The Morgan fingerprint density at radius 3 is 2.40 bits per heavy atom. The molecule has 2 aliphatic rings. The number of hydrogen-bond donors (Lipinski definition) is 1. The quantitative estimate of drug-likeness (QED) is 0.553. The van der Waals surface area contributed by atoms with Crippen molar-refractivity contribution in [2.75, 3.05) is 31.1 Å². The van der Waals surface area contributed by atoms with Gasteiger partial charge in [0.2, 0.25) is 0 Å². The van der Waals surface area contributed by atoms with Crippen molar-refractivity contribution in [1.29, 1.82) is 0 Å². The van der Waals surface area contributed by atoms with Crippen LogP contribution in [0.15, 0.2) is 66.9 Å². The van der Waals surface area contributed by atoms with Crippen LogP contribution < -0.4 is 4.90 Å². The van der Waals surface area contributed by atoms with Crippen LogP contribution in [0.2, 0.25) is 5.02 Å². The van der Waals surface area contributed by atoms with Crippen LogP contribution in [-0.2, 0) is 11.3 Å². The van der Waals surface area contributed by atoms with Crippen molar-refractivity contribution < 1.29 is 19.5 Å². The van der Waals surface area contributed by atoms with Gasteiger partial charge in [-0.05, 0) is 30.3 Å². The van der Waals surface area contributed by atoms with Crippen molar-refractivity contribution >= 4 is 35.0 Å². The van der Waals surface area contributed by atoms with Gasteiger partial charge in [0.1, 0.15) is 0 Å². The monoisotopic (exact) mass is 490 g/mol. The normalized spacial score (nSPS) is 16.5. The molecule has 0 radical (unpaired) electrons. The molecule has 3 heterocycles. The summed E-state index contributed by atoms with van der Waals surface area (Å²) in [6.07, 6.45) is 0.290. The smallest absolute Gasteiger partial charge is 0.264 e. The standard InChI is InChI=1S/C26H23ClN4O4/c27-20-9-2-1-7-18(20)23(32)26(35)30-14-12-29(13-15-30)21-10-5-8-19-22(21)25(34)31(24(19)33)16-17-6-3-4-11-28-17/h1-11,23,32H,12-16H2. The number of imide groups is 1. The van der Waals surface area contributed by atoms with Crippen molar-refractivity contribution in [3.05, 3.63) is 94.3 Å². The maximum atomic E-state index is 13.3. The summed E-state index contributed by atoms with van der Waals surface area (Å²) in [6, 6.07) is 17.4. The molecule has 3 amide bonds. The Labute approximate surface area is 207 Å².